The molecule has 1 aliphatic carbocycles. The van der Waals surface area contributed by atoms with Gasteiger partial charge in [0.05, 0.1) is 6.54 Å². The van der Waals surface area contributed by atoms with Crippen molar-refractivity contribution in [2.24, 2.45) is 5.92 Å². The van der Waals surface area contributed by atoms with Crippen LogP contribution in [0.1, 0.15) is 33.1 Å². The number of terminal acetylenes is 1. The van der Waals surface area contributed by atoms with Crippen molar-refractivity contribution < 1.29 is 14.7 Å². The summed E-state index contributed by atoms with van der Waals surface area (Å²) in [5.74, 6) is 1.44. The summed E-state index contributed by atoms with van der Waals surface area (Å²) >= 11 is 0. The summed E-state index contributed by atoms with van der Waals surface area (Å²) in [7, 11) is 0. The minimum atomic E-state index is -1.18. The van der Waals surface area contributed by atoms with Gasteiger partial charge in [-0.1, -0.05) is 12.8 Å². The first-order valence-corrected chi connectivity index (χ1v) is 6.19. The zero-order valence-electron chi connectivity index (χ0n) is 10.9. The molecule has 2 N–H and O–H groups in total. The number of hydrogen-bond donors (Lipinski definition) is 2. The zero-order chi connectivity index (χ0) is 13.8. The standard InChI is InChI=1S/C13H20N2O3/c1-4-8-15(9-5-2)12(18)14-13(3,11(16)17)10-6-7-10/h1,10H,5-9H2,2-3H3,(H,14,18)(H,16,17). The highest BCUT2D eigenvalue weighted by Gasteiger charge is 2.49. The molecule has 0 aliphatic heterocycles. The molecule has 18 heavy (non-hydrogen) atoms. The number of carbonyl (C=O) groups is 2. The number of nitrogens with one attached hydrogen (secondary N) is 1. The van der Waals surface area contributed by atoms with Gasteiger partial charge in [-0.05, 0) is 32.1 Å². The van der Waals surface area contributed by atoms with Gasteiger partial charge in [-0.3, -0.25) is 0 Å². The summed E-state index contributed by atoms with van der Waals surface area (Å²) < 4.78 is 0. The van der Waals surface area contributed by atoms with Crippen molar-refractivity contribution in [3.8, 4) is 12.3 Å². The first-order chi connectivity index (χ1) is 8.45. The van der Waals surface area contributed by atoms with Crippen LogP contribution in [-0.4, -0.2) is 40.6 Å². The second kappa shape index (κ2) is 5.76. The van der Waals surface area contributed by atoms with Gasteiger partial charge in [0.25, 0.3) is 0 Å². The fourth-order valence-electron chi connectivity index (χ4n) is 1.92. The third-order valence-corrected chi connectivity index (χ3v) is 3.27. The smallest absolute Gasteiger partial charge is 0.329 e. The largest absolute Gasteiger partial charge is 0.480 e. The molecule has 100 valence electrons. The van der Waals surface area contributed by atoms with Crippen molar-refractivity contribution in [1.29, 1.82) is 0 Å². The van der Waals surface area contributed by atoms with Crippen LogP contribution in [0, 0.1) is 18.3 Å². The van der Waals surface area contributed by atoms with Crippen molar-refractivity contribution in [3.63, 3.8) is 0 Å². The number of aliphatic carboxylic acids is 1. The predicted octanol–water partition coefficient (Wildman–Crippen LogP) is 1.29. The highest BCUT2D eigenvalue weighted by Crippen LogP contribution is 2.39. The molecule has 1 rings (SSSR count). The molecule has 5 nitrogen and oxygen atoms in total. The lowest BCUT2D eigenvalue weighted by Gasteiger charge is -2.30. The van der Waals surface area contributed by atoms with Gasteiger partial charge in [-0.15, -0.1) is 6.42 Å². The third-order valence-electron chi connectivity index (χ3n) is 3.27. The molecule has 2 amide bonds. The number of carboxylic acid groups (broad SMARTS) is 1. The minimum Gasteiger partial charge on any atom is -0.480 e. The fourth-order valence-corrected chi connectivity index (χ4v) is 1.92. The third kappa shape index (κ3) is 3.16. The molecule has 1 atom stereocenters. The monoisotopic (exact) mass is 252 g/mol. The van der Waals surface area contributed by atoms with E-state index in [9.17, 15) is 14.7 Å². The van der Waals surface area contributed by atoms with Crippen molar-refractivity contribution in [2.75, 3.05) is 13.1 Å². The lowest BCUT2D eigenvalue weighted by molar-refractivity contribution is -0.144. The van der Waals surface area contributed by atoms with Crippen LogP contribution in [0.5, 0.6) is 0 Å². The van der Waals surface area contributed by atoms with Crippen LogP contribution >= 0.6 is 0 Å². The number of rotatable bonds is 6. The number of amides is 2. The number of carboxylic acids is 1. The summed E-state index contributed by atoms with van der Waals surface area (Å²) in [6, 6.07) is -0.397. The average molecular weight is 252 g/mol. The molecule has 0 aromatic heterocycles. The number of urea groups is 1. The molecule has 1 fully saturated rings. The van der Waals surface area contributed by atoms with E-state index in [1.165, 1.54) is 4.90 Å². The number of carbonyl (C=O) groups excluding carboxylic acids is 1. The molecule has 1 unspecified atom stereocenters. The van der Waals surface area contributed by atoms with Gasteiger partial charge in [0.1, 0.15) is 5.54 Å². The number of hydrogen-bond acceptors (Lipinski definition) is 2. The van der Waals surface area contributed by atoms with Gasteiger partial charge >= 0.3 is 12.0 Å². The maximum absolute atomic E-state index is 12.0. The molecule has 0 saturated heterocycles. The highest BCUT2D eigenvalue weighted by atomic mass is 16.4. The molecular formula is C13H20N2O3. The summed E-state index contributed by atoms with van der Waals surface area (Å²) in [5.41, 5.74) is -1.18. The molecule has 1 saturated carbocycles. The van der Waals surface area contributed by atoms with Gasteiger partial charge in [0.2, 0.25) is 0 Å². The maximum Gasteiger partial charge on any atom is 0.329 e. The first-order valence-electron chi connectivity index (χ1n) is 6.19. The van der Waals surface area contributed by atoms with E-state index in [1.54, 1.807) is 6.92 Å². The maximum atomic E-state index is 12.0. The normalized spacial score (nSPS) is 17.4. The summed E-state index contributed by atoms with van der Waals surface area (Å²) in [4.78, 5) is 24.8. The Morgan fingerprint density at radius 1 is 1.56 bits per heavy atom. The zero-order valence-corrected chi connectivity index (χ0v) is 10.9. The fraction of sp³-hybridized carbons (Fsp3) is 0.692. The van der Waals surface area contributed by atoms with E-state index in [0.29, 0.717) is 6.54 Å². The van der Waals surface area contributed by atoms with Crippen molar-refractivity contribution in [3.05, 3.63) is 0 Å². The molecule has 1 aliphatic rings. The molecule has 5 heteroatoms. The summed E-state index contributed by atoms with van der Waals surface area (Å²) in [6.45, 7) is 4.22. The Labute approximate surface area is 108 Å². The van der Waals surface area contributed by atoms with E-state index in [1.807, 2.05) is 6.92 Å². The average Bonchev–Trinajstić information content (AvgIpc) is 3.12. The lowest BCUT2D eigenvalue weighted by atomic mass is 9.96. The minimum absolute atomic E-state index is 0.0215. The van der Waals surface area contributed by atoms with E-state index >= 15 is 0 Å². The molecular weight excluding hydrogens is 232 g/mol. The Morgan fingerprint density at radius 3 is 2.56 bits per heavy atom. The van der Waals surface area contributed by atoms with E-state index in [0.717, 1.165) is 19.3 Å². The second-order valence-corrected chi connectivity index (χ2v) is 4.84. The van der Waals surface area contributed by atoms with Crippen LogP contribution in [0.4, 0.5) is 4.79 Å². The second-order valence-electron chi connectivity index (χ2n) is 4.84. The summed E-state index contributed by atoms with van der Waals surface area (Å²) in [6.07, 6.45) is 7.66. The Kier molecular flexibility index (Phi) is 4.60. The molecule has 0 aromatic carbocycles. The van der Waals surface area contributed by atoms with Crippen molar-refractivity contribution in [2.45, 2.75) is 38.6 Å². The van der Waals surface area contributed by atoms with E-state index in [2.05, 4.69) is 11.2 Å². The van der Waals surface area contributed by atoms with E-state index in [4.69, 9.17) is 6.42 Å². The van der Waals surface area contributed by atoms with E-state index < -0.39 is 17.5 Å². The molecule has 0 bridgehead atoms. The van der Waals surface area contributed by atoms with Crippen LogP contribution in [0.15, 0.2) is 0 Å². The van der Waals surface area contributed by atoms with Crippen LogP contribution in [-0.2, 0) is 4.79 Å². The van der Waals surface area contributed by atoms with Gasteiger partial charge in [-0.25, -0.2) is 9.59 Å². The van der Waals surface area contributed by atoms with Crippen LogP contribution in [0.25, 0.3) is 0 Å². The quantitative estimate of drug-likeness (QED) is 0.700. The lowest BCUT2D eigenvalue weighted by Crippen LogP contribution is -2.57. The van der Waals surface area contributed by atoms with Gasteiger partial charge < -0.3 is 15.3 Å². The SMILES string of the molecule is C#CCN(CCC)C(=O)NC(C)(C(=O)O)C1CC1. The van der Waals surface area contributed by atoms with Crippen LogP contribution < -0.4 is 5.32 Å². The van der Waals surface area contributed by atoms with Crippen molar-refractivity contribution in [1.82, 2.24) is 10.2 Å². The molecule has 0 radical (unpaired) electrons. The highest BCUT2D eigenvalue weighted by molar-refractivity contribution is 5.86. The molecule has 0 aromatic rings. The molecule has 0 heterocycles. The summed E-state index contributed by atoms with van der Waals surface area (Å²) in [5, 5.41) is 11.9. The Hall–Kier alpha value is -1.70. The predicted molar refractivity (Wildman–Crippen MR) is 68.0 cm³/mol. The molecule has 0 spiro atoms. The van der Waals surface area contributed by atoms with Gasteiger partial charge in [0.15, 0.2) is 0 Å². The van der Waals surface area contributed by atoms with Gasteiger partial charge in [0, 0.05) is 6.54 Å². The number of nitrogens with zero attached hydrogens (tertiary/aromatic N) is 1. The first kappa shape index (κ1) is 14.4. The van der Waals surface area contributed by atoms with Crippen LogP contribution in [0.3, 0.4) is 0 Å². The van der Waals surface area contributed by atoms with Crippen molar-refractivity contribution >= 4 is 12.0 Å². The van der Waals surface area contributed by atoms with Gasteiger partial charge in [-0.2, -0.15) is 0 Å². The topological polar surface area (TPSA) is 69.6 Å². The Balaban J connectivity index is 2.71. The Morgan fingerprint density at radius 2 is 2.17 bits per heavy atom. The van der Waals surface area contributed by atoms with E-state index in [-0.39, 0.29) is 12.5 Å². The van der Waals surface area contributed by atoms with Crippen LogP contribution in [0.2, 0.25) is 0 Å². The Bertz CT molecular complexity index is 371.